The molecule has 0 aliphatic heterocycles. The lowest BCUT2D eigenvalue weighted by Crippen LogP contribution is -2.05. The van der Waals surface area contributed by atoms with Crippen molar-refractivity contribution in [3.8, 4) is 0 Å². The number of thiophene rings is 1. The minimum absolute atomic E-state index is 0.0948. The van der Waals surface area contributed by atoms with Gasteiger partial charge in [0.1, 0.15) is 16.2 Å². The Morgan fingerprint density at radius 1 is 1.43 bits per heavy atom. The summed E-state index contributed by atoms with van der Waals surface area (Å²) in [6.07, 6.45) is -1.75. The van der Waals surface area contributed by atoms with Crippen molar-refractivity contribution in [2.24, 2.45) is 0 Å². The summed E-state index contributed by atoms with van der Waals surface area (Å²) in [5.41, 5.74) is 0.569. The van der Waals surface area contributed by atoms with Gasteiger partial charge in [0.25, 0.3) is 0 Å². The average Bonchev–Trinajstić information content (AvgIpc) is 3.14. The fourth-order valence-corrected chi connectivity index (χ4v) is 4.10. The Hall–Kier alpha value is -1.35. The van der Waals surface area contributed by atoms with E-state index in [9.17, 15) is 18.0 Å². The van der Waals surface area contributed by atoms with Gasteiger partial charge in [0.05, 0.1) is 16.0 Å². The highest BCUT2D eigenvalue weighted by Gasteiger charge is 2.42. The molecule has 2 aromatic rings. The van der Waals surface area contributed by atoms with Gasteiger partial charge in [-0.1, -0.05) is 11.8 Å². The van der Waals surface area contributed by atoms with Crippen molar-refractivity contribution in [3.63, 3.8) is 0 Å². The highest BCUT2D eigenvalue weighted by atomic mass is 32.2. The molecule has 0 spiro atoms. The first-order valence-electron chi connectivity index (χ1n) is 6.07. The number of rotatable bonds is 4. The third-order valence-electron chi connectivity index (χ3n) is 3.05. The second-order valence-electron chi connectivity index (χ2n) is 4.66. The molecule has 0 saturated heterocycles. The molecule has 1 fully saturated rings. The van der Waals surface area contributed by atoms with Crippen LogP contribution in [-0.4, -0.2) is 26.8 Å². The molecule has 2 heterocycles. The zero-order valence-electron chi connectivity index (χ0n) is 10.5. The standard InChI is InChI=1S/C12H9F3N2O2S2/c13-12(14,15)10-7(5-1-2-5)8-9(21-10)11(17-4-16-8)20-3-6(18)19/h4-5H,1-3H2,(H,18,19). The zero-order valence-corrected chi connectivity index (χ0v) is 12.1. The van der Waals surface area contributed by atoms with Gasteiger partial charge < -0.3 is 5.11 Å². The Morgan fingerprint density at radius 2 is 2.14 bits per heavy atom. The van der Waals surface area contributed by atoms with E-state index < -0.39 is 17.0 Å². The highest BCUT2D eigenvalue weighted by Crippen LogP contribution is 2.52. The molecule has 1 saturated carbocycles. The van der Waals surface area contributed by atoms with Crippen molar-refractivity contribution in [2.45, 2.75) is 30.0 Å². The molecular weight excluding hydrogens is 325 g/mol. The van der Waals surface area contributed by atoms with E-state index in [1.54, 1.807) is 0 Å². The Kier molecular flexibility index (Phi) is 3.56. The molecule has 0 atom stereocenters. The topological polar surface area (TPSA) is 63.1 Å². The second-order valence-corrected chi connectivity index (χ2v) is 6.64. The molecule has 21 heavy (non-hydrogen) atoms. The van der Waals surface area contributed by atoms with E-state index in [1.807, 2.05) is 0 Å². The lowest BCUT2D eigenvalue weighted by molar-refractivity contribution is -0.135. The molecule has 4 nitrogen and oxygen atoms in total. The molecule has 0 amide bonds. The van der Waals surface area contributed by atoms with Crippen molar-refractivity contribution in [2.75, 3.05) is 5.75 Å². The number of hydrogen-bond donors (Lipinski definition) is 1. The molecule has 0 aromatic carbocycles. The van der Waals surface area contributed by atoms with Gasteiger partial charge in [-0.05, 0) is 18.8 Å². The average molecular weight is 334 g/mol. The molecule has 0 bridgehead atoms. The molecule has 0 radical (unpaired) electrons. The molecule has 1 aliphatic rings. The number of carboxylic acids is 1. The normalized spacial score (nSPS) is 15.6. The van der Waals surface area contributed by atoms with Gasteiger partial charge in [0, 0.05) is 5.56 Å². The van der Waals surface area contributed by atoms with Gasteiger partial charge in [-0.15, -0.1) is 11.3 Å². The summed E-state index contributed by atoms with van der Waals surface area (Å²) in [6.45, 7) is 0. The van der Waals surface area contributed by atoms with E-state index in [0.717, 1.165) is 24.6 Å². The number of carboxylic acid groups (broad SMARTS) is 1. The maximum absolute atomic E-state index is 13.2. The smallest absolute Gasteiger partial charge is 0.425 e. The van der Waals surface area contributed by atoms with Crippen LogP contribution in [0.3, 0.4) is 0 Å². The number of thioether (sulfide) groups is 1. The van der Waals surface area contributed by atoms with Crippen LogP contribution in [0.5, 0.6) is 0 Å². The summed E-state index contributed by atoms with van der Waals surface area (Å²) in [4.78, 5) is 17.9. The van der Waals surface area contributed by atoms with E-state index >= 15 is 0 Å². The molecule has 112 valence electrons. The Bertz CT molecular complexity index is 710. The molecule has 2 aromatic heterocycles. The van der Waals surface area contributed by atoms with Crippen molar-refractivity contribution in [3.05, 3.63) is 16.8 Å². The minimum Gasteiger partial charge on any atom is -0.481 e. The lowest BCUT2D eigenvalue weighted by atomic mass is 10.1. The van der Waals surface area contributed by atoms with Gasteiger partial charge in [0.15, 0.2) is 0 Å². The first kappa shape index (κ1) is 14.6. The number of nitrogens with zero attached hydrogens (tertiary/aromatic N) is 2. The van der Waals surface area contributed by atoms with Crippen molar-refractivity contribution < 1.29 is 23.1 Å². The third kappa shape index (κ3) is 2.84. The number of alkyl halides is 3. The fourth-order valence-electron chi connectivity index (χ4n) is 2.10. The molecule has 1 aliphatic carbocycles. The maximum Gasteiger partial charge on any atom is 0.425 e. The molecular formula is C12H9F3N2O2S2. The number of fused-ring (bicyclic) bond motifs is 1. The third-order valence-corrected chi connectivity index (χ3v) is 5.40. The van der Waals surface area contributed by atoms with E-state index in [2.05, 4.69) is 9.97 Å². The number of halogens is 3. The summed E-state index contributed by atoms with van der Waals surface area (Å²) in [5, 5.41) is 8.99. The van der Waals surface area contributed by atoms with Crippen LogP contribution in [0.15, 0.2) is 11.4 Å². The van der Waals surface area contributed by atoms with E-state index in [1.165, 1.54) is 6.33 Å². The van der Waals surface area contributed by atoms with E-state index in [0.29, 0.717) is 26.6 Å². The monoisotopic (exact) mass is 334 g/mol. The fraction of sp³-hybridized carbons (Fsp3) is 0.417. The van der Waals surface area contributed by atoms with E-state index in [4.69, 9.17) is 5.11 Å². The van der Waals surface area contributed by atoms with Crippen molar-refractivity contribution in [1.82, 2.24) is 9.97 Å². The van der Waals surface area contributed by atoms with Gasteiger partial charge in [-0.25, -0.2) is 9.97 Å². The summed E-state index contributed by atoms with van der Waals surface area (Å²) < 4.78 is 39.9. The van der Waals surface area contributed by atoms with Crippen LogP contribution in [0.4, 0.5) is 13.2 Å². The van der Waals surface area contributed by atoms with Crippen LogP contribution in [0.1, 0.15) is 29.2 Å². The van der Waals surface area contributed by atoms with Gasteiger partial charge in [0.2, 0.25) is 0 Å². The summed E-state index contributed by atoms with van der Waals surface area (Å²) in [5.74, 6) is -1.38. The SMILES string of the molecule is O=C(O)CSc1ncnc2c(C3CC3)c(C(F)(F)F)sc12. The number of hydrogen-bond acceptors (Lipinski definition) is 5. The minimum atomic E-state index is -4.42. The van der Waals surface area contributed by atoms with E-state index in [-0.39, 0.29) is 17.2 Å². The van der Waals surface area contributed by atoms with Crippen molar-refractivity contribution in [1.29, 1.82) is 0 Å². The van der Waals surface area contributed by atoms with Crippen LogP contribution < -0.4 is 0 Å². The van der Waals surface area contributed by atoms with Gasteiger partial charge in [-0.2, -0.15) is 13.2 Å². The van der Waals surface area contributed by atoms with Crippen molar-refractivity contribution >= 4 is 39.3 Å². The van der Waals surface area contributed by atoms with Crippen LogP contribution in [0, 0.1) is 0 Å². The Balaban J connectivity index is 2.14. The second kappa shape index (κ2) is 5.13. The Morgan fingerprint density at radius 3 is 2.71 bits per heavy atom. The number of aliphatic carboxylic acids is 1. The van der Waals surface area contributed by atoms with Crippen LogP contribution in [0.25, 0.3) is 10.2 Å². The quantitative estimate of drug-likeness (QED) is 0.681. The molecule has 3 rings (SSSR count). The van der Waals surface area contributed by atoms with Crippen LogP contribution >= 0.6 is 23.1 Å². The first-order chi connectivity index (χ1) is 9.88. The molecule has 9 heteroatoms. The van der Waals surface area contributed by atoms with Crippen LogP contribution in [0.2, 0.25) is 0 Å². The Labute approximate surface area is 125 Å². The number of carbonyl (C=O) groups is 1. The van der Waals surface area contributed by atoms with Gasteiger partial charge in [-0.3, -0.25) is 4.79 Å². The summed E-state index contributed by atoms with van der Waals surface area (Å²) >= 11 is 1.53. The largest absolute Gasteiger partial charge is 0.481 e. The zero-order chi connectivity index (χ0) is 15.2. The lowest BCUT2D eigenvalue weighted by Gasteiger charge is -2.06. The maximum atomic E-state index is 13.2. The van der Waals surface area contributed by atoms with Gasteiger partial charge >= 0.3 is 12.1 Å². The highest BCUT2D eigenvalue weighted by molar-refractivity contribution is 8.00. The first-order valence-corrected chi connectivity index (χ1v) is 7.87. The summed E-state index contributed by atoms with van der Waals surface area (Å²) in [7, 11) is 0. The molecule has 0 unspecified atom stereocenters. The predicted molar refractivity (Wildman–Crippen MR) is 72.8 cm³/mol. The van der Waals surface area contributed by atoms with Crippen LogP contribution in [-0.2, 0) is 11.0 Å². The predicted octanol–water partition coefficient (Wildman–Crippen LogP) is 3.76. The summed E-state index contributed by atoms with van der Waals surface area (Å²) in [6, 6.07) is 0. The number of aromatic nitrogens is 2. The molecule has 1 N–H and O–H groups in total.